The molecule has 1 rings (SSSR count). The van der Waals surface area contributed by atoms with Crippen LogP contribution in [0.25, 0.3) is 0 Å². The minimum Gasteiger partial charge on any atom is -0.317 e. The zero-order valence-corrected chi connectivity index (χ0v) is 11.9. The number of hydrogen-bond acceptors (Lipinski definition) is 2. The molecule has 17 heavy (non-hydrogen) atoms. The molecule has 1 fully saturated rings. The predicted molar refractivity (Wildman–Crippen MR) is 76.4 cm³/mol. The molecule has 2 heteroatoms. The van der Waals surface area contributed by atoms with E-state index in [9.17, 15) is 0 Å². The fraction of sp³-hybridized carbons (Fsp3) is 1.00. The van der Waals surface area contributed by atoms with E-state index < -0.39 is 0 Å². The molecule has 1 unspecified atom stereocenters. The Kier molecular flexibility index (Phi) is 8.72. The van der Waals surface area contributed by atoms with Crippen molar-refractivity contribution in [2.24, 2.45) is 5.92 Å². The molecule has 2 N–H and O–H groups in total. The fourth-order valence-electron chi connectivity index (χ4n) is 2.56. The summed E-state index contributed by atoms with van der Waals surface area (Å²) in [4.78, 5) is 0. The summed E-state index contributed by atoms with van der Waals surface area (Å²) in [5.41, 5.74) is 0. The van der Waals surface area contributed by atoms with Gasteiger partial charge in [0.15, 0.2) is 0 Å². The van der Waals surface area contributed by atoms with Crippen LogP contribution in [0.4, 0.5) is 0 Å². The van der Waals surface area contributed by atoms with Gasteiger partial charge in [0.25, 0.3) is 0 Å². The molecule has 0 aromatic rings. The standard InChI is InChI=1S/C15H32N2/c1-14(2)8-5-3-4-6-12-17-15-9-7-11-16-13-10-15/h14-17H,3-13H2,1-2H3. The van der Waals surface area contributed by atoms with Gasteiger partial charge in [-0.15, -0.1) is 0 Å². The van der Waals surface area contributed by atoms with Gasteiger partial charge in [-0.05, 0) is 51.2 Å². The summed E-state index contributed by atoms with van der Waals surface area (Å²) in [6, 6.07) is 0.778. The fourth-order valence-corrected chi connectivity index (χ4v) is 2.56. The predicted octanol–water partition coefficient (Wildman–Crippen LogP) is 3.32. The molecule has 0 aromatic carbocycles. The van der Waals surface area contributed by atoms with Gasteiger partial charge < -0.3 is 10.6 Å². The van der Waals surface area contributed by atoms with Crippen LogP contribution in [0.3, 0.4) is 0 Å². The summed E-state index contributed by atoms with van der Waals surface area (Å²) in [7, 11) is 0. The van der Waals surface area contributed by atoms with Crippen LogP contribution in [0.1, 0.15) is 65.2 Å². The van der Waals surface area contributed by atoms with Gasteiger partial charge in [0, 0.05) is 6.04 Å². The molecule has 102 valence electrons. The Morgan fingerprint density at radius 3 is 2.71 bits per heavy atom. The second-order valence-corrected chi connectivity index (χ2v) is 5.93. The number of rotatable bonds is 8. The first-order valence-corrected chi connectivity index (χ1v) is 7.73. The van der Waals surface area contributed by atoms with Crippen LogP contribution in [-0.4, -0.2) is 25.7 Å². The van der Waals surface area contributed by atoms with E-state index in [1.165, 1.54) is 71.0 Å². The van der Waals surface area contributed by atoms with Crippen LogP contribution >= 0.6 is 0 Å². The smallest absolute Gasteiger partial charge is 0.00796 e. The molecule has 0 aliphatic carbocycles. The highest BCUT2D eigenvalue weighted by Gasteiger charge is 2.09. The highest BCUT2D eigenvalue weighted by atomic mass is 14.9. The third-order valence-corrected chi connectivity index (χ3v) is 3.72. The van der Waals surface area contributed by atoms with Crippen molar-refractivity contribution in [3.05, 3.63) is 0 Å². The van der Waals surface area contributed by atoms with E-state index in [2.05, 4.69) is 24.5 Å². The normalized spacial score (nSPS) is 21.7. The van der Waals surface area contributed by atoms with Crippen molar-refractivity contribution < 1.29 is 0 Å². The van der Waals surface area contributed by atoms with E-state index in [4.69, 9.17) is 0 Å². The maximum Gasteiger partial charge on any atom is 0.00796 e. The molecular weight excluding hydrogens is 208 g/mol. The number of nitrogens with one attached hydrogen (secondary N) is 2. The highest BCUT2D eigenvalue weighted by molar-refractivity contribution is 4.72. The monoisotopic (exact) mass is 240 g/mol. The molecule has 1 aliphatic heterocycles. The lowest BCUT2D eigenvalue weighted by Crippen LogP contribution is -2.30. The number of hydrogen-bond donors (Lipinski definition) is 2. The first kappa shape index (κ1) is 15.0. The largest absolute Gasteiger partial charge is 0.317 e. The van der Waals surface area contributed by atoms with E-state index in [0.717, 1.165) is 12.0 Å². The van der Waals surface area contributed by atoms with Crippen LogP contribution in [0, 0.1) is 5.92 Å². The molecule has 0 amide bonds. The van der Waals surface area contributed by atoms with E-state index in [-0.39, 0.29) is 0 Å². The third-order valence-electron chi connectivity index (χ3n) is 3.72. The van der Waals surface area contributed by atoms with Crippen molar-refractivity contribution in [2.45, 2.75) is 71.3 Å². The maximum atomic E-state index is 3.72. The third kappa shape index (κ3) is 8.62. The molecule has 1 aliphatic rings. The lowest BCUT2D eigenvalue weighted by Gasteiger charge is -2.15. The van der Waals surface area contributed by atoms with E-state index >= 15 is 0 Å². The van der Waals surface area contributed by atoms with Crippen LogP contribution < -0.4 is 10.6 Å². The van der Waals surface area contributed by atoms with E-state index in [1.54, 1.807) is 0 Å². The summed E-state index contributed by atoms with van der Waals surface area (Å²) < 4.78 is 0. The minimum absolute atomic E-state index is 0.778. The summed E-state index contributed by atoms with van der Waals surface area (Å²) in [5, 5.41) is 7.19. The van der Waals surface area contributed by atoms with Crippen LogP contribution in [0.2, 0.25) is 0 Å². The highest BCUT2D eigenvalue weighted by Crippen LogP contribution is 2.09. The van der Waals surface area contributed by atoms with Crippen molar-refractivity contribution >= 4 is 0 Å². The Labute approximate surface area is 108 Å². The summed E-state index contributed by atoms with van der Waals surface area (Å²) in [6.45, 7) is 8.29. The first-order valence-electron chi connectivity index (χ1n) is 7.73. The SMILES string of the molecule is CC(C)CCCCCCNC1CCCNCC1. The average Bonchev–Trinajstić information content (AvgIpc) is 2.56. The summed E-state index contributed by atoms with van der Waals surface area (Å²) in [6.07, 6.45) is 11.0. The van der Waals surface area contributed by atoms with Crippen LogP contribution in [-0.2, 0) is 0 Å². The van der Waals surface area contributed by atoms with Gasteiger partial charge in [-0.25, -0.2) is 0 Å². The molecular formula is C15H32N2. The molecule has 2 nitrogen and oxygen atoms in total. The topological polar surface area (TPSA) is 24.1 Å². The second-order valence-electron chi connectivity index (χ2n) is 5.93. The lowest BCUT2D eigenvalue weighted by atomic mass is 10.0. The summed E-state index contributed by atoms with van der Waals surface area (Å²) >= 11 is 0. The zero-order valence-electron chi connectivity index (χ0n) is 11.9. The zero-order chi connectivity index (χ0) is 12.3. The molecule has 1 saturated heterocycles. The molecule has 1 atom stereocenters. The summed E-state index contributed by atoms with van der Waals surface area (Å²) in [5.74, 6) is 0.881. The minimum atomic E-state index is 0.778. The van der Waals surface area contributed by atoms with Crippen molar-refractivity contribution in [1.82, 2.24) is 10.6 Å². The van der Waals surface area contributed by atoms with E-state index in [0.29, 0.717) is 0 Å². The molecule has 0 saturated carbocycles. The van der Waals surface area contributed by atoms with Crippen molar-refractivity contribution in [2.75, 3.05) is 19.6 Å². The van der Waals surface area contributed by atoms with E-state index in [1.807, 2.05) is 0 Å². The Bertz CT molecular complexity index is 160. The van der Waals surface area contributed by atoms with Gasteiger partial charge in [0.2, 0.25) is 0 Å². The molecule has 0 radical (unpaired) electrons. The lowest BCUT2D eigenvalue weighted by molar-refractivity contribution is 0.451. The molecule has 1 heterocycles. The van der Waals surface area contributed by atoms with Crippen molar-refractivity contribution in [3.63, 3.8) is 0 Å². The Morgan fingerprint density at radius 2 is 1.88 bits per heavy atom. The van der Waals surface area contributed by atoms with Gasteiger partial charge in [-0.1, -0.05) is 39.5 Å². The molecule has 0 spiro atoms. The number of unbranched alkanes of at least 4 members (excludes halogenated alkanes) is 3. The van der Waals surface area contributed by atoms with Crippen molar-refractivity contribution in [3.8, 4) is 0 Å². The molecule has 0 aromatic heterocycles. The van der Waals surface area contributed by atoms with Gasteiger partial charge in [-0.2, -0.15) is 0 Å². The first-order chi connectivity index (χ1) is 8.29. The van der Waals surface area contributed by atoms with Gasteiger partial charge in [0.05, 0.1) is 0 Å². The van der Waals surface area contributed by atoms with Gasteiger partial charge in [0.1, 0.15) is 0 Å². The van der Waals surface area contributed by atoms with Crippen LogP contribution in [0.5, 0.6) is 0 Å². The Hall–Kier alpha value is -0.0800. The molecule has 0 bridgehead atoms. The second kappa shape index (κ2) is 9.90. The van der Waals surface area contributed by atoms with Gasteiger partial charge >= 0.3 is 0 Å². The maximum absolute atomic E-state index is 3.72. The quantitative estimate of drug-likeness (QED) is 0.636. The van der Waals surface area contributed by atoms with Crippen LogP contribution in [0.15, 0.2) is 0 Å². The Morgan fingerprint density at radius 1 is 1.06 bits per heavy atom. The Balaban J connectivity index is 1.86. The average molecular weight is 240 g/mol. The van der Waals surface area contributed by atoms with Gasteiger partial charge in [-0.3, -0.25) is 0 Å². The van der Waals surface area contributed by atoms with Crippen molar-refractivity contribution in [1.29, 1.82) is 0 Å².